The molecule has 0 aliphatic heterocycles. The zero-order valence-electron chi connectivity index (χ0n) is 10.1. The Morgan fingerprint density at radius 3 is 2.50 bits per heavy atom. The Morgan fingerprint density at radius 1 is 1.44 bits per heavy atom. The fraction of sp³-hybridized carbons (Fsp3) is 0.500. The zero-order chi connectivity index (χ0) is 12.3. The fourth-order valence-corrected chi connectivity index (χ4v) is 1.64. The largest absolute Gasteiger partial charge is 0.456 e. The number of Topliss-reactive ketones (excluding diaryl/α,β-unsaturated/α-hetero) is 1. The van der Waals surface area contributed by atoms with Crippen molar-refractivity contribution in [2.24, 2.45) is 0 Å². The van der Waals surface area contributed by atoms with Gasteiger partial charge in [-0.25, -0.2) is 0 Å². The first kappa shape index (κ1) is 12.5. The molecular weight excluding hydrogens is 206 g/mol. The summed E-state index contributed by atoms with van der Waals surface area (Å²) in [6.45, 7) is 6.92. The van der Waals surface area contributed by atoms with E-state index in [0.29, 0.717) is 17.9 Å². The van der Waals surface area contributed by atoms with Gasteiger partial charge in [-0.05, 0) is 33.8 Å². The van der Waals surface area contributed by atoms with E-state index in [1.54, 1.807) is 13.8 Å². The maximum atomic E-state index is 11.8. The van der Waals surface area contributed by atoms with Crippen molar-refractivity contribution in [2.75, 3.05) is 0 Å². The van der Waals surface area contributed by atoms with Gasteiger partial charge in [0.25, 0.3) is 5.91 Å². The molecule has 0 aromatic carbocycles. The van der Waals surface area contributed by atoms with Crippen molar-refractivity contribution >= 4 is 11.7 Å². The first-order valence-electron chi connectivity index (χ1n) is 5.27. The van der Waals surface area contributed by atoms with Crippen LogP contribution in [0.25, 0.3) is 0 Å². The van der Waals surface area contributed by atoms with Crippen LogP contribution in [-0.2, 0) is 4.79 Å². The molecule has 0 aliphatic rings. The van der Waals surface area contributed by atoms with Crippen LogP contribution in [0.4, 0.5) is 0 Å². The molecule has 0 fully saturated rings. The van der Waals surface area contributed by atoms with E-state index in [9.17, 15) is 9.59 Å². The van der Waals surface area contributed by atoms with E-state index in [1.165, 1.54) is 6.92 Å². The van der Waals surface area contributed by atoms with Crippen molar-refractivity contribution in [3.63, 3.8) is 0 Å². The lowest BCUT2D eigenvalue weighted by Crippen LogP contribution is -2.33. The molecule has 4 nitrogen and oxygen atoms in total. The Hall–Kier alpha value is -1.58. The van der Waals surface area contributed by atoms with Gasteiger partial charge in [-0.3, -0.25) is 9.59 Å². The molecule has 0 spiro atoms. The Bertz CT molecular complexity index is 406. The van der Waals surface area contributed by atoms with Crippen LogP contribution in [0, 0.1) is 13.8 Å². The number of carbonyl (C=O) groups excluding carboxylic acids is 2. The number of hydrogen-bond donors (Lipinski definition) is 1. The standard InChI is InChI=1S/C12H17NO3/c1-7-5-10(4)16-11(7)12(15)13-8(2)6-9(3)14/h5,8H,6H2,1-4H3,(H,13,15). The van der Waals surface area contributed by atoms with Gasteiger partial charge in [-0.15, -0.1) is 0 Å². The molecule has 1 N–H and O–H groups in total. The van der Waals surface area contributed by atoms with E-state index in [0.717, 1.165) is 5.56 Å². The second-order valence-electron chi connectivity index (χ2n) is 4.15. The number of hydrogen-bond acceptors (Lipinski definition) is 3. The van der Waals surface area contributed by atoms with Crippen molar-refractivity contribution < 1.29 is 14.0 Å². The summed E-state index contributed by atoms with van der Waals surface area (Å²) in [5.74, 6) is 0.828. The summed E-state index contributed by atoms with van der Waals surface area (Å²) >= 11 is 0. The van der Waals surface area contributed by atoms with E-state index in [-0.39, 0.29) is 17.7 Å². The molecule has 1 aromatic heterocycles. The minimum Gasteiger partial charge on any atom is -0.456 e. The third-order valence-electron chi connectivity index (χ3n) is 2.22. The van der Waals surface area contributed by atoms with E-state index >= 15 is 0 Å². The lowest BCUT2D eigenvalue weighted by atomic mass is 10.1. The second-order valence-corrected chi connectivity index (χ2v) is 4.15. The third-order valence-corrected chi connectivity index (χ3v) is 2.22. The number of furan rings is 1. The van der Waals surface area contributed by atoms with Gasteiger partial charge in [-0.2, -0.15) is 0 Å². The number of carbonyl (C=O) groups is 2. The third kappa shape index (κ3) is 3.22. The van der Waals surface area contributed by atoms with Gasteiger partial charge in [-0.1, -0.05) is 0 Å². The molecule has 16 heavy (non-hydrogen) atoms. The first-order chi connectivity index (χ1) is 7.40. The normalized spacial score (nSPS) is 12.2. The van der Waals surface area contributed by atoms with E-state index in [2.05, 4.69) is 5.32 Å². The Labute approximate surface area is 95.0 Å². The zero-order valence-corrected chi connectivity index (χ0v) is 10.1. The van der Waals surface area contributed by atoms with Crippen LogP contribution in [0.3, 0.4) is 0 Å². The average molecular weight is 223 g/mol. The molecule has 88 valence electrons. The highest BCUT2D eigenvalue weighted by Crippen LogP contribution is 2.13. The Morgan fingerprint density at radius 2 is 2.06 bits per heavy atom. The molecule has 1 amide bonds. The summed E-state index contributed by atoms with van der Waals surface area (Å²) in [6.07, 6.45) is 0.338. The summed E-state index contributed by atoms with van der Waals surface area (Å²) in [4.78, 5) is 22.6. The maximum Gasteiger partial charge on any atom is 0.287 e. The highest BCUT2D eigenvalue weighted by atomic mass is 16.3. The van der Waals surface area contributed by atoms with Crippen molar-refractivity contribution in [1.29, 1.82) is 0 Å². The lowest BCUT2D eigenvalue weighted by molar-refractivity contribution is -0.117. The minimum absolute atomic E-state index is 0.0557. The van der Waals surface area contributed by atoms with Crippen LogP contribution in [0.2, 0.25) is 0 Å². The quantitative estimate of drug-likeness (QED) is 0.849. The average Bonchev–Trinajstić information content (AvgIpc) is 2.43. The topological polar surface area (TPSA) is 59.3 Å². The summed E-state index contributed by atoms with van der Waals surface area (Å²) in [7, 11) is 0. The number of rotatable bonds is 4. The molecule has 0 radical (unpaired) electrons. The number of ketones is 1. The lowest BCUT2D eigenvalue weighted by Gasteiger charge is -2.10. The van der Waals surface area contributed by atoms with Crippen LogP contribution >= 0.6 is 0 Å². The molecule has 0 bridgehead atoms. The van der Waals surface area contributed by atoms with Gasteiger partial charge < -0.3 is 9.73 Å². The Kier molecular flexibility index (Phi) is 3.88. The predicted octanol–water partition coefficient (Wildman–Crippen LogP) is 1.99. The summed E-state index contributed by atoms with van der Waals surface area (Å²) < 4.78 is 5.28. The molecule has 1 unspecified atom stereocenters. The van der Waals surface area contributed by atoms with Crippen molar-refractivity contribution in [3.8, 4) is 0 Å². The summed E-state index contributed by atoms with van der Waals surface area (Å²) in [5, 5.41) is 2.73. The summed E-state index contributed by atoms with van der Waals surface area (Å²) in [6, 6.07) is 1.64. The number of aryl methyl sites for hydroxylation is 2. The van der Waals surface area contributed by atoms with E-state index in [1.807, 2.05) is 13.0 Å². The SMILES string of the molecule is CC(=O)CC(C)NC(=O)c1oc(C)cc1C. The van der Waals surface area contributed by atoms with Gasteiger partial charge in [0.2, 0.25) is 0 Å². The highest BCUT2D eigenvalue weighted by molar-refractivity contribution is 5.93. The van der Waals surface area contributed by atoms with Gasteiger partial charge in [0.15, 0.2) is 5.76 Å². The van der Waals surface area contributed by atoms with E-state index < -0.39 is 0 Å². The molecule has 4 heteroatoms. The van der Waals surface area contributed by atoms with Crippen molar-refractivity contribution in [1.82, 2.24) is 5.32 Å². The fourth-order valence-electron chi connectivity index (χ4n) is 1.64. The van der Waals surface area contributed by atoms with Crippen LogP contribution in [0.15, 0.2) is 10.5 Å². The van der Waals surface area contributed by atoms with Crippen LogP contribution in [0.5, 0.6) is 0 Å². The monoisotopic (exact) mass is 223 g/mol. The van der Waals surface area contributed by atoms with Gasteiger partial charge in [0.05, 0.1) is 0 Å². The predicted molar refractivity (Wildman–Crippen MR) is 60.4 cm³/mol. The molecule has 1 rings (SSSR count). The molecule has 0 saturated carbocycles. The smallest absolute Gasteiger partial charge is 0.287 e. The molecule has 1 heterocycles. The van der Waals surface area contributed by atoms with Gasteiger partial charge >= 0.3 is 0 Å². The first-order valence-corrected chi connectivity index (χ1v) is 5.27. The van der Waals surface area contributed by atoms with Gasteiger partial charge in [0.1, 0.15) is 11.5 Å². The summed E-state index contributed by atoms with van der Waals surface area (Å²) in [5.41, 5.74) is 0.810. The second kappa shape index (κ2) is 4.96. The molecular formula is C12H17NO3. The highest BCUT2D eigenvalue weighted by Gasteiger charge is 2.16. The number of nitrogens with one attached hydrogen (secondary N) is 1. The van der Waals surface area contributed by atoms with Crippen LogP contribution in [0.1, 0.15) is 42.1 Å². The molecule has 0 aliphatic carbocycles. The number of amides is 1. The molecule has 1 aromatic rings. The minimum atomic E-state index is -0.264. The maximum absolute atomic E-state index is 11.8. The van der Waals surface area contributed by atoms with Crippen molar-refractivity contribution in [2.45, 2.75) is 40.2 Å². The molecule has 0 saturated heterocycles. The van der Waals surface area contributed by atoms with Crippen molar-refractivity contribution in [3.05, 3.63) is 23.2 Å². The molecule has 1 atom stereocenters. The van der Waals surface area contributed by atoms with Gasteiger partial charge in [0, 0.05) is 18.0 Å². The van der Waals surface area contributed by atoms with Crippen LogP contribution < -0.4 is 5.32 Å². The van der Waals surface area contributed by atoms with E-state index in [4.69, 9.17) is 4.42 Å². The van der Waals surface area contributed by atoms with Crippen LogP contribution in [-0.4, -0.2) is 17.7 Å². The Balaban J connectivity index is 2.65.